The first-order valence-corrected chi connectivity index (χ1v) is 7.02. The predicted octanol–water partition coefficient (Wildman–Crippen LogP) is 2.69. The molecule has 1 heterocycles. The van der Waals surface area contributed by atoms with E-state index in [1.165, 1.54) is 0 Å². The van der Waals surface area contributed by atoms with E-state index in [2.05, 4.69) is 41.4 Å². The highest BCUT2D eigenvalue weighted by Crippen LogP contribution is 2.17. The molecule has 0 amide bonds. The molecule has 0 fully saturated rings. The van der Waals surface area contributed by atoms with Crippen LogP contribution in [0.3, 0.4) is 0 Å². The van der Waals surface area contributed by atoms with Gasteiger partial charge in [0, 0.05) is 31.9 Å². The van der Waals surface area contributed by atoms with E-state index in [1.54, 1.807) is 6.33 Å². The van der Waals surface area contributed by atoms with Gasteiger partial charge in [0.2, 0.25) is 0 Å². The largest absolute Gasteiger partial charge is 0.381 e. The van der Waals surface area contributed by atoms with E-state index in [-0.39, 0.29) is 0 Å². The van der Waals surface area contributed by atoms with Gasteiger partial charge in [0.25, 0.3) is 0 Å². The Balaban J connectivity index is 2.31. The van der Waals surface area contributed by atoms with E-state index in [1.807, 2.05) is 6.92 Å². The van der Waals surface area contributed by atoms with Crippen LogP contribution in [-0.2, 0) is 4.74 Å². The van der Waals surface area contributed by atoms with E-state index in [9.17, 15) is 0 Å². The van der Waals surface area contributed by atoms with Crippen molar-refractivity contribution in [1.29, 1.82) is 0 Å². The summed E-state index contributed by atoms with van der Waals surface area (Å²) in [5.74, 6) is 2.39. The lowest BCUT2D eigenvalue weighted by Gasteiger charge is -2.12. The lowest BCUT2D eigenvalue weighted by atomic mass is 10.2. The van der Waals surface area contributed by atoms with Crippen molar-refractivity contribution in [2.24, 2.45) is 5.92 Å². The molecule has 0 saturated heterocycles. The Bertz CT molecular complexity index is 368. The van der Waals surface area contributed by atoms with Gasteiger partial charge in [0.1, 0.15) is 18.0 Å². The number of anilines is 2. The molecule has 0 aliphatic carbocycles. The Morgan fingerprint density at radius 2 is 1.89 bits per heavy atom. The van der Waals surface area contributed by atoms with Crippen LogP contribution in [0.15, 0.2) is 6.33 Å². The third-order valence-corrected chi connectivity index (χ3v) is 2.64. The Morgan fingerprint density at radius 3 is 2.53 bits per heavy atom. The molecule has 0 unspecified atom stereocenters. The maximum Gasteiger partial charge on any atom is 0.134 e. The van der Waals surface area contributed by atoms with Gasteiger partial charge in [-0.2, -0.15) is 0 Å². The highest BCUT2D eigenvalue weighted by atomic mass is 16.5. The Labute approximate surface area is 116 Å². The van der Waals surface area contributed by atoms with E-state index in [4.69, 9.17) is 4.74 Å². The molecule has 5 heteroatoms. The minimum absolute atomic E-state index is 0.597. The fourth-order valence-electron chi connectivity index (χ4n) is 1.67. The van der Waals surface area contributed by atoms with Crippen LogP contribution in [0.2, 0.25) is 0 Å². The van der Waals surface area contributed by atoms with E-state index >= 15 is 0 Å². The minimum Gasteiger partial charge on any atom is -0.381 e. The normalized spacial score (nSPS) is 10.8. The summed E-state index contributed by atoms with van der Waals surface area (Å²) in [6.07, 6.45) is 2.56. The average molecular weight is 266 g/mol. The molecule has 0 radical (unpaired) electrons. The molecule has 19 heavy (non-hydrogen) atoms. The van der Waals surface area contributed by atoms with Crippen LogP contribution in [0.4, 0.5) is 11.6 Å². The molecular weight excluding hydrogens is 240 g/mol. The summed E-state index contributed by atoms with van der Waals surface area (Å²) in [7, 11) is 0. The summed E-state index contributed by atoms with van der Waals surface area (Å²) in [4.78, 5) is 8.48. The summed E-state index contributed by atoms with van der Waals surface area (Å²) in [5.41, 5.74) is 1.06. The summed E-state index contributed by atoms with van der Waals surface area (Å²) < 4.78 is 5.54. The van der Waals surface area contributed by atoms with Gasteiger partial charge in [-0.25, -0.2) is 9.97 Å². The molecule has 0 atom stereocenters. The number of nitrogens with one attached hydrogen (secondary N) is 2. The van der Waals surface area contributed by atoms with Crippen LogP contribution in [-0.4, -0.2) is 36.3 Å². The molecule has 2 N–H and O–H groups in total. The van der Waals surface area contributed by atoms with Gasteiger partial charge in [-0.1, -0.05) is 13.8 Å². The molecule has 0 aliphatic rings. The molecule has 1 aromatic rings. The van der Waals surface area contributed by atoms with Crippen molar-refractivity contribution < 1.29 is 4.74 Å². The fraction of sp³-hybridized carbons (Fsp3) is 0.714. The molecule has 0 spiro atoms. The highest BCUT2D eigenvalue weighted by molar-refractivity contribution is 5.56. The van der Waals surface area contributed by atoms with Crippen LogP contribution in [0, 0.1) is 12.8 Å². The van der Waals surface area contributed by atoms with Gasteiger partial charge in [0.15, 0.2) is 0 Å². The Kier molecular flexibility index (Phi) is 7.18. The molecule has 0 aromatic carbocycles. The van der Waals surface area contributed by atoms with Crippen molar-refractivity contribution in [1.82, 2.24) is 9.97 Å². The maximum atomic E-state index is 5.54. The molecule has 0 saturated carbocycles. The van der Waals surface area contributed by atoms with Crippen molar-refractivity contribution in [2.45, 2.75) is 34.1 Å². The standard InChI is InChI=1S/C14H26N4O/c1-5-15-13-12(4)14(18-10-17-13)16-7-6-8-19-9-11(2)3/h10-11H,5-9H2,1-4H3,(H2,15,16,17,18). The second kappa shape index (κ2) is 8.69. The van der Waals surface area contributed by atoms with Crippen LogP contribution >= 0.6 is 0 Å². The quantitative estimate of drug-likeness (QED) is 0.673. The van der Waals surface area contributed by atoms with Gasteiger partial charge >= 0.3 is 0 Å². The minimum atomic E-state index is 0.597. The molecule has 1 aromatic heterocycles. The third kappa shape index (κ3) is 5.87. The summed E-state index contributed by atoms with van der Waals surface area (Å²) >= 11 is 0. The second-order valence-electron chi connectivity index (χ2n) is 4.98. The van der Waals surface area contributed by atoms with Crippen LogP contribution in [0.1, 0.15) is 32.8 Å². The first-order chi connectivity index (χ1) is 9.15. The highest BCUT2D eigenvalue weighted by Gasteiger charge is 2.05. The smallest absolute Gasteiger partial charge is 0.134 e. The summed E-state index contributed by atoms with van der Waals surface area (Å²) in [6, 6.07) is 0. The van der Waals surface area contributed by atoms with Gasteiger partial charge in [-0.15, -0.1) is 0 Å². The van der Waals surface area contributed by atoms with Crippen molar-refractivity contribution in [3.8, 4) is 0 Å². The second-order valence-corrected chi connectivity index (χ2v) is 4.98. The number of aromatic nitrogens is 2. The zero-order chi connectivity index (χ0) is 14.1. The fourth-order valence-corrected chi connectivity index (χ4v) is 1.67. The van der Waals surface area contributed by atoms with Crippen LogP contribution < -0.4 is 10.6 Å². The van der Waals surface area contributed by atoms with E-state index < -0.39 is 0 Å². The predicted molar refractivity (Wildman–Crippen MR) is 79.7 cm³/mol. The zero-order valence-corrected chi connectivity index (χ0v) is 12.5. The first kappa shape index (κ1) is 15.7. The molecule has 0 bridgehead atoms. The van der Waals surface area contributed by atoms with E-state index in [0.29, 0.717) is 5.92 Å². The first-order valence-electron chi connectivity index (χ1n) is 7.02. The number of hydrogen-bond donors (Lipinski definition) is 2. The lowest BCUT2D eigenvalue weighted by Crippen LogP contribution is -2.11. The number of nitrogens with zero attached hydrogens (tertiary/aromatic N) is 2. The van der Waals surface area contributed by atoms with Gasteiger partial charge in [-0.05, 0) is 26.2 Å². The maximum absolute atomic E-state index is 5.54. The van der Waals surface area contributed by atoms with Gasteiger partial charge in [-0.3, -0.25) is 0 Å². The van der Waals surface area contributed by atoms with Crippen LogP contribution in [0.25, 0.3) is 0 Å². The Hall–Kier alpha value is -1.36. The monoisotopic (exact) mass is 266 g/mol. The lowest BCUT2D eigenvalue weighted by molar-refractivity contribution is 0.110. The molecule has 5 nitrogen and oxygen atoms in total. The van der Waals surface area contributed by atoms with Gasteiger partial charge in [0.05, 0.1) is 0 Å². The molecule has 0 aliphatic heterocycles. The number of ether oxygens (including phenoxy) is 1. The number of rotatable bonds is 9. The van der Waals surface area contributed by atoms with Gasteiger partial charge < -0.3 is 15.4 Å². The van der Waals surface area contributed by atoms with E-state index in [0.717, 1.165) is 49.9 Å². The molecular formula is C14H26N4O. The van der Waals surface area contributed by atoms with Crippen LogP contribution in [0.5, 0.6) is 0 Å². The van der Waals surface area contributed by atoms with Crippen molar-refractivity contribution >= 4 is 11.6 Å². The summed E-state index contributed by atoms with van der Waals surface area (Å²) in [6.45, 7) is 11.7. The van der Waals surface area contributed by atoms with Crippen molar-refractivity contribution in [3.63, 3.8) is 0 Å². The summed E-state index contributed by atoms with van der Waals surface area (Å²) in [5, 5.41) is 6.55. The van der Waals surface area contributed by atoms with Crippen molar-refractivity contribution in [3.05, 3.63) is 11.9 Å². The average Bonchev–Trinajstić information content (AvgIpc) is 2.37. The topological polar surface area (TPSA) is 59.1 Å². The molecule has 1 rings (SSSR count). The zero-order valence-electron chi connectivity index (χ0n) is 12.5. The van der Waals surface area contributed by atoms with Crippen molar-refractivity contribution in [2.75, 3.05) is 36.9 Å². The third-order valence-electron chi connectivity index (χ3n) is 2.64. The Morgan fingerprint density at radius 1 is 1.21 bits per heavy atom. The molecule has 108 valence electrons. The number of hydrogen-bond acceptors (Lipinski definition) is 5. The SMILES string of the molecule is CCNc1ncnc(NCCCOCC(C)C)c1C.